The molecule has 1 heterocycles. The Balaban J connectivity index is 1.66. The standard InChI is InChI=1S/C26H44N2O3/c1-2-3-4-5-6-7-8-9-11-14-21-17-18-27-23(19-21)26(31)28-24(20-29)25(30)22-15-12-10-13-16-22/h10,12-13,15-16,21,23-25,27,29-30H,2-9,11,14,17-20H2,1H3,(H,28,31)/t21?,23?,24-,25-/m0/s1. The third kappa shape index (κ3) is 9.71. The average Bonchev–Trinajstić information content (AvgIpc) is 2.81. The van der Waals surface area contributed by atoms with Gasteiger partial charge in [0.05, 0.1) is 18.7 Å². The Labute approximate surface area is 189 Å². The van der Waals surface area contributed by atoms with E-state index >= 15 is 0 Å². The molecular formula is C26H44N2O3. The molecular weight excluding hydrogens is 388 g/mol. The highest BCUT2D eigenvalue weighted by atomic mass is 16.3. The van der Waals surface area contributed by atoms with Crippen LogP contribution in [0.2, 0.25) is 0 Å². The lowest BCUT2D eigenvalue weighted by atomic mass is 9.87. The minimum Gasteiger partial charge on any atom is -0.394 e. The number of amides is 1. The fourth-order valence-corrected chi connectivity index (χ4v) is 4.59. The van der Waals surface area contributed by atoms with Crippen LogP contribution in [0.3, 0.4) is 0 Å². The summed E-state index contributed by atoms with van der Waals surface area (Å²) in [5, 5.41) is 26.4. The Hall–Kier alpha value is -1.43. The zero-order valence-electron chi connectivity index (χ0n) is 19.4. The van der Waals surface area contributed by atoms with Gasteiger partial charge in [-0.1, -0.05) is 101 Å². The van der Waals surface area contributed by atoms with E-state index in [-0.39, 0.29) is 18.6 Å². The SMILES string of the molecule is CCCCCCCCCCCC1CCNC(C(=O)N[C@@H](CO)[C@@H](O)c2ccccc2)C1. The zero-order valence-corrected chi connectivity index (χ0v) is 19.4. The zero-order chi connectivity index (χ0) is 22.3. The second-order valence-electron chi connectivity index (χ2n) is 9.17. The van der Waals surface area contributed by atoms with Gasteiger partial charge in [-0.15, -0.1) is 0 Å². The van der Waals surface area contributed by atoms with E-state index in [1.165, 1.54) is 64.2 Å². The lowest BCUT2D eigenvalue weighted by molar-refractivity contribution is -0.126. The van der Waals surface area contributed by atoms with Gasteiger partial charge in [-0.2, -0.15) is 0 Å². The molecule has 2 unspecified atom stereocenters. The first kappa shape index (κ1) is 25.8. The van der Waals surface area contributed by atoms with Crippen LogP contribution in [-0.2, 0) is 4.79 Å². The topological polar surface area (TPSA) is 81.6 Å². The monoisotopic (exact) mass is 432 g/mol. The lowest BCUT2D eigenvalue weighted by Gasteiger charge is -2.31. The maximum absolute atomic E-state index is 12.8. The number of rotatable bonds is 15. The quantitative estimate of drug-likeness (QED) is 0.308. The summed E-state index contributed by atoms with van der Waals surface area (Å²) >= 11 is 0. The van der Waals surface area contributed by atoms with Crippen LogP contribution in [0, 0.1) is 5.92 Å². The minimum absolute atomic E-state index is 0.120. The third-order valence-electron chi connectivity index (χ3n) is 6.59. The van der Waals surface area contributed by atoms with Gasteiger partial charge < -0.3 is 20.8 Å². The van der Waals surface area contributed by atoms with Gasteiger partial charge in [0, 0.05) is 0 Å². The van der Waals surface area contributed by atoms with Crippen LogP contribution in [-0.4, -0.2) is 41.4 Å². The molecule has 4 atom stereocenters. The van der Waals surface area contributed by atoms with E-state index in [2.05, 4.69) is 17.6 Å². The predicted molar refractivity (Wildman–Crippen MR) is 127 cm³/mol. The molecule has 5 nitrogen and oxygen atoms in total. The number of aliphatic hydroxyl groups is 2. The van der Waals surface area contributed by atoms with Crippen LogP contribution in [0.5, 0.6) is 0 Å². The van der Waals surface area contributed by atoms with Crippen molar-refractivity contribution in [3.8, 4) is 0 Å². The Morgan fingerprint density at radius 1 is 1.06 bits per heavy atom. The summed E-state index contributed by atoms with van der Waals surface area (Å²) in [5.41, 5.74) is 0.696. The lowest BCUT2D eigenvalue weighted by Crippen LogP contribution is -2.53. The van der Waals surface area contributed by atoms with Gasteiger partial charge in [0.25, 0.3) is 0 Å². The highest BCUT2D eigenvalue weighted by molar-refractivity contribution is 5.82. The second-order valence-corrected chi connectivity index (χ2v) is 9.17. The number of nitrogens with one attached hydrogen (secondary N) is 2. The molecule has 0 aliphatic carbocycles. The van der Waals surface area contributed by atoms with Gasteiger partial charge >= 0.3 is 0 Å². The van der Waals surface area contributed by atoms with Gasteiger partial charge in [0.2, 0.25) is 5.91 Å². The molecule has 31 heavy (non-hydrogen) atoms. The van der Waals surface area contributed by atoms with Crippen molar-refractivity contribution in [3.05, 3.63) is 35.9 Å². The molecule has 2 rings (SSSR count). The number of aliphatic hydroxyl groups excluding tert-OH is 2. The molecule has 1 aliphatic rings. The molecule has 5 heteroatoms. The largest absolute Gasteiger partial charge is 0.394 e. The number of benzene rings is 1. The molecule has 0 saturated carbocycles. The average molecular weight is 433 g/mol. The van der Waals surface area contributed by atoms with Crippen molar-refractivity contribution >= 4 is 5.91 Å². The predicted octanol–water partition coefficient (Wildman–Crippen LogP) is 4.49. The molecule has 1 aromatic rings. The number of hydrogen-bond acceptors (Lipinski definition) is 4. The van der Waals surface area contributed by atoms with E-state index in [0.29, 0.717) is 11.5 Å². The summed E-state index contributed by atoms with van der Waals surface area (Å²) in [6.45, 7) is 2.82. The highest BCUT2D eigenvalue weighted by Crippen LogP contribution is 2.24. The van der Waals surface area contributed by atoms with Gasteiger partial charge in [-0.05, 0) is 30.9 Å². The van der Waals surface area contributed by atoms with Gasteiger partial charge in [0.1, 0.15) is 6.10 Å². The molecule has 0 spiro atoms. The summed E-state index contributed by atoms with van der Waals surface area (Å²) in [6.07, 6.45) is 14.3. The van der Waals surface area contributed by atoms with Gasteiger partial charge in [0.15, 0.2) is 0 Å². The molecule has 1 amide bonds. The maximum atomic E-state index is 12.8. The van der Waals surface area contributed by atoms with Crippen LogP contribution >= 0.6 is 0 Å². The number of carbonyl (C=O) groups is 1. The summed E-state index contributed by atoms with van der Waals surface area (Å²) in [5.74, 6) is 0.457. The number of piperidine rings is 1. The maximum Gasteiger partial charge on any atom is 0.237 e. The Bertz CT molecular complexity index is 596. The first-order chi connectivity index (χ1) is 15.2. The number of unbranched alkanes of at least 4 members (excludes halogenated alkanes) is 8. The molecule has 1 saturated heterocycles. The molecule has 1 fully saturated rings. The van der Waals surface area contributed by atoms with Crippen molar-refractivity contribution in [3.63, 3.8) is 0 Å². The Morgan fingerprint density at radius 3 is 2.35 bits per heavy atom. The summed E-state index contributed by atoms with van der Waals surface area (Å²) in [7, 11) is 0. The molecule has 176 valence electrons. The molecule has 1 aromatic carbocycles. The van der Waals surface area contributed by atoms with Crippen LogP contribution in [0.4, 0.5) is 0 Å². The minimum atomic E-state index is -0.920. The smallest absolute Gasteiger partial charge is 0.237 e. The van der Waals surface area contributed by atoms with Gasteiger partial charge in [-0.25, -0.2) is 0 Å². The fourth-order valence-electron chi connectivity index (χ4n) is 4.59. The van der Waals surface area contributed by atoms with Crippen LogP contribution < -0.4 is 10.6 Å². The molecule has 1 aliphatic heterocycles. The summed E-state index contributed by atoms with van der Waals surface area (Å²) < 4.78 is 0. The van der Waals surface area contributed by atoms with Crippen molar-refractivity contribution in [1.82, 2.24) is 10.6 Å². The van der Waals surface area contributed by atoms with Crippen LogP contribution in [0.15, 0.2) is 30.3 Å². The van der Waals surface area contributed by atoms with Crippen molar-refractivity contribution in [2.75, 3.05) is 13.2 Å². The number of carbonyl (C=O) groups excluding carboxylic acids is 1. The summed E-state index contributed by atoms with van der Waals surface area (Å²) in [4.78, 5) is 12.8. The van der Waals surface area contributed by atoms with Crippen molar-refractivity contribution in [2.45, 2.75) is 102 Å². The van der Waals surface area contributed by atoms with E-state index < -0.39 is 12.1 Å². The third-order valence-corrected chi connectivity index (χ3v) is 6.59. The summed E-state index contributed by atoms with van der Waals surface area (Å²) in [6, 6.07) is 8.23. The van der Waals surface area contributed by atoms with Crippen molar-refractivity contribution in [1.29, 1.82) is 0 Å². The molecule has 0 aromatic heterocycles. The van der Waals surface area contributed by atoms with E-state index in [1.54, 1.807) is 12.1 Å². The molecule has 0 radical (unpaired) electrons. The van der Waals surface area contributed by atoms with E-state index in [0.717, 1.165) is 19.4 Å². The Kier molecular flexibility index (Phi) is 12.8. The van der Waals surface area contributed by atoms with E-state index in [9.17, 15) is 15.0 Å². The van der Waals surface area contributed by atoms with Crippen LogP contribution in [0.25, 0.3) is 0 Å². The van der Waals surface area contributed by atoms with Crippen LogP contribution in [0.1, 0.15) is 95.6 Å². The fraction of sp³-hybridized carbons (Fsp3) is 0.731. The van der Waals surface area contributed by atoms with Gasteiger partial charge in [-0.3, -0.25) is 4.79 Å². The highest BCUT2D eigenvalue weighted by Gasteiger charge is 2.30. The molecule has 0 bridgehead atoms. The number of hydrogen-bond donors (Lipinski definition) is 4. The van der Waals surface area contributed by atoms with E-state index in [1.807, 2.05) is 18.2 Å². The first-order valence-corrected chi connectivity index (χ1v) is 12.5. The van der Waals surface area contributed by atoms with Crippen molar-refractivity contribution in [2.24, 2.45) is 5.92 Å². The molecule has 4 N–H and O–H groups in total. The second kappa shape index (κ2) is 15.4. The normalized spacial score (nSPS) is 20.9. The first-order valence-electron chi connectivity index (χ1n) is 12.5. The Morgan fingerprint density at radius 2 is 1.71 bits per heavy atom. The van der Waals surface area contributed by atoms with E-state index in [4.69, 9.17) is 0 Å². The van der Waals surface area contributed by atoms with Crippen molar-refractivity contribution < 1.29 is 15.0 Å².